The summed E-state index contributed by atoms with van der Waals surface area (Å²) in [4.78, 5) is 14.9. The first-order chi connectivity index (χ1) is 14.8. The Morgan fingerprint density at radius 3 is 2.45 bits per heavy atom. The van der Waals surface area contributed by atoms with Gasteiger partial charge in [-0.2, -0.15) is 13.2 Å². The Labute approximate surface area is 184 Å². The van der Waals surface area contributed by atoms with Gasteiger partial charge >= 0.3 is 6.18 Å². The van der Waals surface area contributed by atoms with E-state index in [0.29, 0.717) is 35.9 Å². The summed E-state index contributed by atoms with van der Waals surface area (Å²) in [5.41, 5.74) is 1.91. The zero-order valence-corrected chi connectivity index (χ0v) is 17.6. The number of halogens is 4. The van der Waals surface area contributed by atoms with E-state index in [1.54, 1.807) is 24.3 Å². The van der Waals surface area contributed by atoms with E-state index >= 15 is 0 Å². The normalized spacial score (nSPS) is 16.1. The molecule has 1 unspecified atom stereocenters. The molecule has 31 heavy (non-hydrogen) atoms. The lowest BCUT2D eigenvalue weighted by molar-refractivity contribution is -0.176. The van der Waals surface area contributed by atoms with Gasteiger partial charge in [-0.05, 0) is 29.3 Å². The maximum absolute atomic E-state index is 12.6. The molecule has 0 aromatic heterocycles. The lowest BCUT2D eigenvalue weighted by atomic mass is 10.0. The summed E-state index contributed by atoms with van der Waals surface area (Å²) in [7, 11) is 0. The Bertz CT molecular complexity index is 856. The largest absolute Gasteiger partial charge is 0.411 e. The summed E-state index contributed by atoms with van der Waals surface area (Å²) in [5, 5.41) is 3.58. The van der Waals surface area contributed by atoms with Crippen LogP contribution in [0.1, 0.15) is 27.5 Å². The van der Waals surface area contributed by atoms with Crippen LogP contribution in [0.15, 0.2) is 48.5 Å². The van der Waals surface area contributed by atoms with Crippen LogP contribution in [0, 0.1) is 0 Å². The van der Waals surface area contributed by atoms with Crippen molar-refractivity contribution in [2.45, 2.75) is 18.8 Å². The van der Waals surface area contributed by atoms with Crippen molar-refractivity contribution in [1.29, 1.82) is 0 Å². The SMILES string of the molecule is O=C(NCC(c1ccccc1Cl)N1CCOCC1)c1ccc(COCC(F)(F)F)cc1. The molecule has 1 aliphatic rings. The number of nitrogens with one attached hydrogen (secondary N) is 1. The van der Waals surface area contributed by atoms with Gasteiger partial charge < -0.3 is 14.8 Å². The lowest BCUT2D eigenvalue weighted by Gasteiger charge is -2.35. The molecule has 9 heteroatoms. The molecule has 2 aromatic carbocycles. The third-order valence-electron chi connectivity index (χ3n) is 4.96. The van der Waals surface area contributed by atoms with E-state index in [-0.39, 0.29) is 18.6 Å². The molecule has 1 amide bonds. The van der Waals surface area contributed by atoms with Crippen molar-refractivity contribution in [2.75, 3.05) is 39.5 Å². The van der Waals surface area contributed by atoms with Gasteiger partial charge in [0, 0.05) is 30.2 Å². The highest BCUT2D eigenvalue weighted by Gasteiger charge is 2.27. The second kappa shape index (κ2) is 10.9. The van der Waals surface area contributed by atoms with E-state index in [9.17, 15) is 18.0 Å². The summed E-state index contributed by atoms with van der Waals surface area (Å²) < 4.78 is 46.6. The van der Waals surface area contributed by atoms with Gasteiger partial charge in [-0.25, -0.2) is 0 Å². The van der Waals surface area contributed by atoms with E-state index in [0.717, 1.165) is 18.7 Å². The molecule has 0 saturated carbocycles. The molecule has 5 nitrogen and oxygen atoms in total. The molecule has 1 heterocycles. The van der Waals surface area contributed by atoms with E-state index in [1.165, 1.54) is 0 Å². The number of morpholine rings is 1. The Kier molecular flexibility index (Phi) is 8.31. The van der Waals surface area contributed by atoms with Gasteiger partial charge in [-0.3, -0.25) is 9.69 Å². The molecular formula is C22H24ClF3N2O3. The molecule has 0 radical (unpaired) electrons. The summed E-state index contributed by atoms with van der Waals surface area (Å²) in [6.07, 6.45) is -4.36. The monoisotopic (exact) mass is 456 g/mol. The van der Waals surface area contributed by atoms with Crippen molar-refractivity contribution in [3.8, 4) is 0 Å². The Morgan fingerprint density at radius 1 is 1.13 bits per heavy atom. The molecule has 1 atom stereocenters. The van der Waals surface area contributed by atoms with Crippen molar-refractivity contribution >= 4 is 17.5 Å². The molecule has 1 aliphatic heterocycles. The molecule has 0 aliphatic carbocycles. The Hall–Kier alpha value is -2.13. The van der Waals surface area contributed by atoms with Gasteiger partial charge in [0.05, 0.1) is 25.9 Å². The highest BCUT2D eigenvalue weighted by Crippen LogP contribution is 2.28. The molecule has 168 valence electrons. The number of amides is 1. The molecule has 2 aromatic rings. The van der Waals surface area contributed by atoms with Crippen LogP contribution in [-0.4, -0.2) is 56.4 Å². The molecule has 3 rings (SSSR count). The fraction of sp³-hybridized carbons (Fsp3) is 0.409. The standard InChI is InChI=1S/C22H24ClF3N2O3/c23-19-4-2-1-3-18(19)20(28-9-11-30-12-10-28)13-27-21(29)17-7-5-16(6-8-17)14-31-15-22(24,25)26/h1-8,20H,9-15H2,(H,27,29). The first kappa shape index (κ1) is 23.5. The van der Waals surface area contributed by atoms with Crippen LogP contribution in [0.2, 0.25) is 5.02 Å². The van der Waals surface area contributed by atoms with Crippen molar-refractivity contribution in [1.82, 2.24) is 10.2 Å². The summed E-state index contributed by atoms with van der Waals surface area (Å²) in [5.74, 6) is -0.270. The molecule has 1 fully saturated rings. The van der Waals surface area contributed by atoms with E-state index in [1.807, 2.05) is 24.3 Å². The van der Waals surface area contributed by atoms with Gasteiger partial charge in [-0.15, -0.1) is 0 Å². The third-order valence-corrected chi connectivity index (χ3v) is 5.30. The highest BCUT2D eigenvalue weighted by atomic mass is 35.5. The van der Waals surface area contributed by atoms with Crippen LogP contribution >= 0.6 is 11.6 Å². The quantitative estimate of drug-likeness (QED) is 0.646. The second-order valence-corrected chi connectivity index (χ2v) is 7.61. The fourth-order valence-corrected chi connectivity index (χ4v) is 3.66. The fourth-order valence-electron chi connectivity index (χ4n) is 3.40. The summed E-state index contributed by atoms with van der Waals surface area (Å²) in [6.45, 7) is 1.59. The van der Waals surface area contributed by atoms with Crippen LogP contribution in [0.3, 0.4) is 0 Å². The minimum absolute atomic E-state index is 0.100. The predicted molar refractivity (Wildman–Crippen MR) is 111 cm³/mol. The Morgan fingerprint density at radius 2 is 1.81 bits per heavy atom. The summed E-state index contributed by atoms with van der Waals surface area (Å²) in [6, 6.07) is 13.8. The molecule has 1 saturated heterocycles. The average molecular weight is 457 g/mol. The number of hydrogen-bond donors (Lipinski definition) is 1. The van der Waals surface area contributed by atoms with Gasteiger partial charge in [0.25, 0.3) is 5.91 Å². The van der Waals surface area contributed by atoms with Gasteiger partial charge in [0.1, 0.15) is 6.61 Å². The second-order valence-electron chi connectivity index (χ2n) is 7.20. The van der Waals surface area contributed by atoms with Crippen LogP contribution in [0.25, 0.3) is 0 Å². The number of alkyl halides is 3. The van der Waals surface area contributed by atoms with Crippen molar-refractivity contribution in [3.63, 3.8) is 0 Å². The van der Waals surface area contributed by atoms with E-state index < -0.39 is 12.8 Å². The topological polar surface area (TPSA) is 50.8 Å². The van der Waals surface area contributed by atoms with E-state index in [4.69, 9.17) is 16.3 Å². The highest BCUT2D eigenvalue weighted by molar-refractivity contribution is 6.31. The summed E-state index contributed by atoms with van der Waals surface area (Å²) >= 11 is 6.40. The first-order valence-corrected chi connectivity index (χ1v) is 10.3. The average Bonchev–Trinajstić information content (AvgIpc) is 2.75. The maximum Gasteiger partial charge on any atom is 0.411 e. The Balaban J connectivity index is 1.60. The molecule has 0 spiro atoms. The van der Waals surface area contributed by atoms with E-state index in [2.05, 4.69) is 15.0 Å². The minimum Gasteiger partial charge on any atom is -0.379 e. The first-order valence-electron chi connectivity index (χ1n) is 9.91. The van der Waals surface area contributed by atoms with Crippen LogP contribution in [-0.2, 0) is 16.1 Å². The number of carbonyl (C=O) groups excluding carboxylic acids is 1. The number of benzene rings is 2. The number of rotatable bonds is 8. The molecule has 1 N–H and O–H groups in total. The van der Waals surface area contributed by atoms with Gasteiger partial charge in [-0.1, -0.05) is 41.9 Å². The third kappa shape index (κ3) is 7.21. The van der Waals surface area contributed by atoms with Crippen LogP contribution in [0.5, 0.6) is 0 Å². The van der Waals surface area contributed by atoms with Crippen LogP contribution < -0.4 is 5.32 Å². The predicted octanol–water partition coefficient (Wildman–Crippen LogP) is 4.22. The van der Waals surface area contributed by atoms with Crippen molar-refractivity contribution in [2.24, 2.45) is 0 Å². The zero-order chi connectivity index (χ0) is 22.3. The van der Waals surface area contributed by atoms with Crippen molar-refractivity contribution < 1.29 is 27.4 Å². The smallest absolute Gasteiger partial charge is 0.379 e. The number of nitrogens with zero attached hydrogens (tertiary/aromatic N) is 1. The molecule has 0 bridgehead atoms. The van der Waals surface area contributed by atoms with Gasteiger partial charge in [0.15, 0.2) is 0 Å². The minimum atomic E-state index is -4.36. The van der Waals surface area contributed by atoms with Gasteiger partial charge in [0.2, 0.25) is 0 Å². The molecular weight excluding hydrogens is 433 g/mol. The maximum atomic E-state index is 12.6. The number of ether oxygens (including phenoxy) is 2. The zero-order valence-electron chi connectivity index (χ0n) is 16.8. The van der Waals surface area contributed by atoms with Crippen molar-refractivity contribution in [3.05, 3.63) is 70.2 Å². The number of carbonyl (C=O) groups is 1. The van der Waals surface area contributed by atoms with Crippen LogP contribution in [0.4, 0.5) is 13.2 Å². The lowest BCUT2D eigenvalue weighted by Crippen LogP contribution is -2.44. The number of hydrogen-bond acceptors (Lipinski definition) is 4.